The van der Waals surface area contributed by atoms with E-state index < -0.39 is 0 Å². The van der Waals surface area contributed by atoms with Gasteiger partial charge in [-0.3, -0.25) is 4.79 Å². The molecule has 1 saturated heterocycles. The standard InChI is InChI=1S/C19H19FN2O/c20-18-9-5-4-6-16(18)10-11-19(23)22-14-12-21(13-15-22)17-7-2-1-3-8-17/h1-11H,12-15H2/b11-10-. The molecule has 1 aliphatic rings. The van der Waals surface area contributed by atoms with E-state index in [-0.39, 0.29) is 11.7 Å². The van der Waals surface area contributed by atoms with Crippen molar-refractivity contribution in [1.29, 1.82) is 0 Å². The summed E-state index contributed by atoms with van der Waals surface area (Å²) in [5.74, 6) is -0.383. The first-order chi connectivity index (χ1) is 11.2. The smallest absolute Gasteiger partial charge is 0.246 e. The number of amides is 1. The van der Waals surface area contributed by atoms with Gasteiger partial charge in [0, 0.05) is 43.5 Å². The van der Waals surface area contributed by atoms with Crippen molar-refractivity contribution in [2.24, 2.45) is 0 Å². The Morgan fingerprint density at radius 1 is 0.913 bits per heavy atom. The molecule has 23 heavy (non-hydrogen) atoms. The van der Waals surface area contributed by atoms with E-state index in [1.54, 1.807) is 29.2 Å². The molecule has 0 aliphatic carbocycles. The van der Waals surface area contributed by atoms with Gasteiger partial charge in [0.2, 0.25) is 5.91 Å². The summed E-state index contributed by atoms with van der Waals surface area (Å²) in [5.41, 5.74) is 1.62. The highest BCUT2D eigenvalue weighted by atomic mass is 19.1. The predicted molar refractivity (Wildman–Crippen MR) is 90.7 cm³/mol. The molecule has 118 valence electrons. The largest absolute Gasteiger partial charge is 0.368 e. The third kappa shape index (κ3) is 3.77. The van der Waals surface area contributed by atoms with Gasteiger partial charge in [-0.05, 0) is 24.3 Å². The molecule has 0 spiro atoms. The lowest BCUT2D eigenvalue weighted by Crippen LogP contribution is -2.48. The summed E-state index contributed by atoms with van der Waals surface area (Å²) in [6.45, 7) is 2.97. The average Bonchev–Trinajstić information content (AvgIpc) is 2.62. The Kier molecular flexibility index (Phi) is 4.71. The fourth-order valence-corrected chi connectivity index (χ4v) is 2.70. The molecule has 0 N–H and O–H groups in total. The molecule has 0 radical (unpaired) electrons. The number of hydrogen-bond donors (Lipinski definition) is 0. The van der Waals surface area contributed by atoms with Crippen LogP contribution in [-0.4, -0.2) is 37.0 Å². The molecule has 1 aliphatic heterocycles. The van der Waals surface area contributed by atoms with E-state index in [9.17, 15) is 9.18 Å². The van der Waals surface area contributed by atoms with Crippen LogP contribution in [0.3, 0.4) is 0 Å². The minimum atomic E-state index is -0.314. The number of hydrogen-bond acceptors (Lipinski definition) is 2. The van der Waals surface area contributed by atoms with Crippen molar-refractivity contribution in [3.8, 4) is 0 Å². The van der Waals surface area contributed by atoms with E-state index in [2.05, 4.69) is 17.0 Å². The van der Waals surface area contributed by atoms with Crippen LogP contribution in [0.2, 0.25) is 0 Å². The SMILES string of the molecule is O=C(/C=C\c1ccccc1F)N1CCN(c2ccccc2)CC1. The Bertz CT molecular complexity index is 692. The van der Waals surface area contributed by atoms with E-state index in [4.69, 9.17) is 0 Å². The number of piperazine rings is 1. The van der Waals surface area contributed by atoms with Gasteiger partial charge in [0.15, 0.2) is 0 Å². The van der Waals surface area contributed by atoms with Gasteiger partial charge in [0.25, 0.3) is 0 Å². The van der Waals surface area contributed by atoms with E-state index in [1.807, 2.05) is 18.2 Å². The van der Waals surface area contributed by atoms with Crippen LogP contribution in [0.1, 0.15) is 5.56 Å². The molecule has 0 saturated carbocycles. The quantitative estimate of drug-likeness (QED) is 0.813. The van der Waals surface area contributed by atoms with Crippen LogP contribution in [0, 0.1) is 5.82 Å². The third-order valence-corrected chi connectivity index (χ3v) is 4.02. The lowest BCUT2D eigenvalue weighted by atomic mass is 10.2. The Labute approximate surface area is 135 Å². The molecule has 1 heterocycles. The number of halogens is 1. The van der Waals surface area contributed by atoms with Gasteiger partial charge in [0.05, 0.1) is 0 Å². The number of nitrogens with zero attached hydrogens (tertiary/aromatic N) is 2. The second-order valence-corrected chi connectivity index (χ2v) is 5.50. The van der Waals surface area contributed by atoms with Gasteiger partial charge in [0.1, 0.15) is 5.82 Å². The summed E-state index contributed by atoms with van der Waals surface area (Å²) in [6.07, 6.45) is 3.00. The van der Waals surface area contributed by atoms with Gasteiger partial charge < -0.3 is 9.80 Å². The Balaban J connectivity index is 1.57. The fraction of sp³-hybridized carbons (Fsp3) is 0.211. The Morgan fingerprint density at radius 3 is 2.26 bits per heavy atom. The summed E-state index contributed by atoms with van der Waals surface area (Å²) >= 11 is 0. The molecule has 2 aromatic carbocycles. The molecule has 1 amide bonds. The van der Waals surface area contributed by atoms with Crippen molar-refractivity contribution in [2.45, 2.75) is 0 Å². The normalized spacial score (nSPS) is 15.2. The number of benzene rings is 2. The maximum absolute atomic E-state index is 13.5. The first kappa shape index (κ1) is 15.3. The molecule has 0 unspecified atom stereocenters. The number of carbonyl (C=O) groups is 1. The maximum Gasteiger partial charge on any atom is 0.246 e. The van der Waals surface area contributed by atoms with Gasteiger partial charge >= 0.3 is 0 Å². The predicted octanol–water partition coefficient (Wildman–Crippen LogP) is 3.19. The first-order valence-corrected chi connectivity index (χ1v) is 7.75. The molecule has 1 fully saturated rings. The maximum atomic E-state index is 13.5. The lowest BCUT2D eigenvalue weighted by molar-refractivity contribution is -0.126. The molecule has 3 nitrogen and oxygen atoms in total. The van der Waals surface area contributed by atoms with Crippen molar-refractivity contribution in [3.63, 3.8) is 0 Å². The molecular weight excluding hydrogens is 291 g/mol. The Morgan fingerprint density at radius 2 is 1.57 bits per heavy atom. The van der Waals surface area contributed by atoms with Crippen LogP contribution in [-0.2, 0) is 4.79 Å². The molecule has 0 bridgehead atoms. The number of anilines is 1. The zero-order valence-electron chi connectivity index (χ0n) is 12.9. The second-order valence-electron chi connectivity index (χ2n) is 5.50. The van der Waals surface area contributed by atoms with Crippen molar-refractivity contribution >= 4 is 17.7 Å². The highest BCUT2D eigenvalue weighted by Gasteiger charge is 2.19. The number of para-hydroxylation sites is 1. The third-order valence-electron chi connectivity index (χ3n) is 4.02. The summed E-state index contributed by atoms with van der Waals surface area (Å²) in [7, 11) is 0. The van der Waals surface area contributed by atoms with Crippen molar-refractivity contribution in [3.05, 3.63) is 72.1 Å². The van der Waals surface area contributed by atoms with Crippen molar-refractivity contribution < 1.29 is 9.18 Å². The van der Waals surface area contributed by atoms with Crippen LogP contribution in [0.5, 0.6) is 0 Å². The highest BCUT2D eigenvalue weighted by Crippen LogP contribution is 2.16. The summed E-state index contributed by atoms with van der Waals surface area (Å²) in [5, 5.41) is 0. The van der Waals surface area contributed by atoms with Crippen LogP contribution in [0.15, 0.2) is 60.7 Å². The molecule has 0 atom stereocenters. The van der Waals surface area contributed by atoms with Gasteiger partial charge in [-0.1, -0.05) is 36.4 Å². The molecule has 4 heteroatoms. The van der Waals surface area contributed by atoms with Crippen molar-refractivity contribution in [1.82, 2.24) is 4.90 Å². The first-order valence-electron chi connectivity index (χ1n) is 7.75. The van der Waals surface area contributed by atoms with E-state index in [0.29, 0.717) is 18.7 Å². The highest BCUT2D eigenvalue weighted by molar-refractivity contribution is 5.92. The van der Waals surface area contributed by atoms with Crippen LogP contribution < -0.4 is 4.90 Å². The van der Waals surface area contributed by atoms with Gasteiger partial charge in [-0.15, -0.1) is 0 Å². The number of carbonyl (C=O) groups excluding carboxylic acids is 1. The van der Waals surface area contributed by atoms with Gasteiger partial charge in [-0.25, -0.2) is 4.39 Å². The topological polar surface area (TPSA) is 23.6 Å². The summed E-state index contributed by atoms with van der Waals surface area (Å²) in [4.78, 5) is 16.3. The van der Waals surface area contributed by atoms with E-state index in [0.717, 1.165) is 13.1 Å². The van der Waals surface area contributed by atoms with E-state index in [1.165, 1.54) is 17.8 Å². The minimum Gasteiger partial charge on any atom is -0.368 e. The Hall–Kier alpha value is -2.62. The average molecular weight is 310 g/mol. The fourth-order valence-electron chi connectivity index (χ4n) is 2.70. The van der Waals surface area contributed by atoms with Crippen LogP contribution in [0.25, 0.3) is 6.08 Å². The molecule has 0 aromatic heterocycles. The number of rotatable bonds is 3. The second kappa shape index (κ2) is 7.09. The van der Waals surface area contributed by atoms with Gasteiger partial charge in [-0.2, -0.15) is 0 Å². The molecule has 2 aromatic rings. The molecule has 3 rings (SSSR count). The monoisotopic (exact) mass is 310 g/mol. The summed E-state index contributed by atoms with van der Waals surface area (Å²) < 4.78 is 13.5. The zero-order valence-corrected chi connectivity index (χ0v) is 12.9. The molecular formula is C19H19FN2O. The van der Waals surface area contributed by atoms with Crippen LogP contribution >= 0.6 is 0 Å². The lowest BCUT2D eigenvalue weighted by Gasteiger charge is -2.35. The van der Waals surface area contributed by atoms with Crippen molar-refractivity contribution in [2.75, 3.05) is 31.1 Å². The minimum absolute atomic E-state index is 0.0686. The zero-order chi connectivity index (χ0) is 16.1. The summed E-state index contributed by atoms with van der Waals surface area (Å²) in [6, 6.07) is 16.6. The van der Waals surface area contributed by atoms with E-state index >= 15 is 0 Å². The van der Waals surface area contributed by atoms with Crippen LogP contribution in [0.4, 0.5) is 10.1 Å².